The Bertz CT molecular complexity index is 1470. The molecule has 1 N–H and O–H groups in total. The number of anilines is 2. The van der Waals surface area contributed by atoms with Crippen LogP contribution in [0.5, 0.6) is 0 Å². The Balaban J connectivity index is 2.31. The molecular weight excluding hydrogens is 450 g/mol. The fraction of sp³-hybridized carbons (Fsp3) is 0.250. The smallest absolute Gasteiger partial charge is 0.355 e. The van der Waals surface area contributed by atoms with Crippen LogP contribution in [0.25, 0.3) is 0 Å². The quantitative estimate of drug-likeness (QED) is 0.542. The second-order valence-electron chi connectivity index (χ2n) is 6.29. The number of aromatic nitrogens is 1. The topological polar surface area (TPSA) is 89.3 Å². The third-order valence-corrected chi connectivity index (χ3v) is 4.71. The average Bonchev–Trinajstić information content (AvgIpc) is 3.04. The van der Waals surface area contributed by atoms with Crippen LogP contribution >= 0.6 is 12.2 Å². The van der Waals surface area contributed by atoms with Gasteiger partial charge in [-0.25, -0.2) is 9.37 Å². The molecule has 1 aliphatic rings. The van der Waals surface area contributed by atoms with Gasteiger partial charge in [-0.05, 0) is 50.2 Å². The molecule has 166 valence electrons. The second kappa shape index (κ2) is 7.83. The number of nitrogens with zero attached hydrogens (tertiary/aromatic N) is 4. The van der Waals surface area contributed by atoms with Gasteiger partial charge >= 0.3 is 6.18 Å². The highest BCUT2D eigenvalue weighted by molar-refractivity contribution is 7.81. The van der Waals surface area contributed by atoms with Crippen molar-refractivity contribution in [2.24, 2.45) is 0 Å². The molecule has 3 rings (SSSR count). The molecule has 1 fully saturated rings. The lowest BCUT2D eigenvalue weighted by atomic mass is 10.0. The Morgan fingerprint density at radius 2 is 2.03 bits per heavy atom. The molecule has 1 aliphatic heterocycles. The highest BCUT2D eigenvalue weighted by Gasteiger charge is 2.51. The monoisotopic (exact) mass is 474 g/mol. The van der Waals surface area contributed by atoms with Crippen molar-refractivity contribution in [1.29, 1.82) is 5.26 Å². The summed E-state index contributed by atoms with van der Waals surface area (Å²) in [4.78, 5) is 29.6. The van der Waals surface area contributed by atoms with Crippen molar-refractivity contribution in [1.82, 2.24) is 10.3 Å². The summed E-state index contributed by atoms with van der Waals surface area (Å²) in [5.41, 5.74) is -8.81. The van der Waals surface area contributed by atoms with Crippen molar-refractivity contribution in [2.75, 3.05) is 16.8 Å². The third kappa shape index (κ3) is 3.64. The Hall–Kier alpha value is -3.59. The molecule has 0 spiro atoms. The summed E-state index contributed by atoms with van der Waals surface area (Å²) in [6, 6.07) is 3.29. The fourth-order valence-corrected chi connectivity index (χ4v) is 3.33. The van der Waals surface area contributed by atoms with Gasteiger partial charge in [0, 0.05) is 25.0 Å². The van der Waals surface area contributed by atoms with Gasteiger partial charge in [-0.15, -0.1) is 0 Å². The zero-order chi connectivity index (χ0) is 31.5. The van der Waals surface area contributed by atoms with Crippen LogP contribution in [0.15, 0.2) is 30.5 Å². The first-order valence-corrected chi connectivity index (χ1v) is 8.68. The van der Waals surface area contributed by atoms with Crippen LogP contribution < -0.4 is 15.1 Å². The van der Waals surface area contributed by atoms with E-state index in [-0.39, 0.29) is 15.9 Å². The second-order valence-corrected chi connectivity index (χ2v) is 6.65. The molecule has 2 amide bonds. The molecule has 12 heteroatoms. The molecular formula is C20H15F4N5O2S. The lowest BCUT2D eigenvalue weighted by Gasteiger charge is -2.29. The van der Waals surface area contributed by atoms with E-state index in [0.717, 1.165) is 6.07 Å². The lowest BCUT2D eigenvalue weighted by Crippen LogP contribution is -2.44. The predicted octanol–water partition coefficient (Wildman–Crippen LogP) is 3.39. The summed E-state index contributed by atoms with van der Waals surface area (Å²) in [7, 11) is 0. The van der Waals surface area contributed by atoms with Gasteiger partial charge < -0.3 is 10.2 Å². The van der Waals surface area contributed by atoms with Crippen molar-refractivity contribution in [3.05, 3.63) is 53.1 Å². The highest BCUT2D eigenvalue weighted by Crippen LogP contribution is 2.39. The van der Waals surface area contributed by atoms with Gasteiger partial charge in [-0.2, -0.15) is 18.4 Å². The number of amides is 2. The normalized spacial score (nSPS) is 21.0. The van der Waals surface area contributed by atoms with Gasteiger partial charge in [-0.1, -0.05) is 0 Å². The van der Waals surface area contributed by atoms with E-state index in [0.29, 0.717) is 18.3 Å². The molecule has 2 aromatic rings. The fourth-order valence-electron chi connectivity index (χ4n) is 2.90. The number of carbonyl (C=O) groups is 2. The number of hydrogen-bond donors (Lipinski definition) is 1. The number of pyridine rings is 1. The van der Waals surface area contributed by atoms with Crippen molar-refractivity contribution in [3.63, 3.8) is 0 Å². The maximum atomic E-state index is 15.0. The average molecular weight is 474 g/mol. The van der Waals surface area contributed by atoms with Crippen LogP contribution in [0.4, 0.5) is 28.9 Å². The highest BCUT2D eigenvalue weighted by atomic mass is 32.1. The summed E-state index contributed by atoms with van der Waals surface area (Å²) in [5, 5.41) is 9.51. The number of nitriles is 1. The number of halogens is 4. The van der Waals surface area contributed by atoms with E-state index in [2.05, 4.69) is 4.98 Å². The van der Waals surface area contributed by atoms with Gasteiger partial charge in [0.05, 0.1) is 23.0 Å². The van der Waals surface area contributed by atoms with Crippen LogP contribution in [-0.4, -0.2) is 34.4 Å². The number of alkyl halides is 3. The van der Waals surface area contributed by atoms with E-state index < -0.39 is 83.3 Å². The van der Waals surface area contributed by atoms with Crippen molar-refractivity contribution in [3.8, 4) is 6.07 Å². The van der Waals surface area contributed by atoms with E-state index in [9.17, 15) is 22.8 Å². The Kier molecular flexibility index (Phi) is 3.36. The summed E-state index contributed by atoms with van der Waals surface area (Å²) >= 11 is 5.17. The van der Waals surface area contributed by atoms with Gasteiger partial charge in [0.25, 0.3) is 11.8 Å². The summed E-state index contributed by atoms with van der Waals surface area (Å²) in [5.74, 6) is -4.74. The lowest BCUT2D eigenvalue weighted by molar-refractivity contribution is -0.138. The van der Waals surface area contributed by atoms with E-state index in [1.165, 1.54) is 11.4 Å². The zero-order valence-corrected chi connectivity index (χ0v) is 16.2. The Morgan fingerprint density at radius 3 is 2.59 bits per heavy atom. The molecule has 0 bridgehead atoms. The summed E-state index contributed by atoms with van der Waals surface area (Å²) in [6.45, 7) is -10.6. The number of benzene rings is 1. The van der Waals surface area contributed by atoms with Crippen LogP contribution in [-0.2, 0) is 11.0 Å². The predicted molar refractivity (Wildman–Crippen MR) is 110 cm³/mol. The molecule has 1 aromatic heterocycles. The van der Waals surface area contributed by atoms with Crippen molar-refractivity contribution in [2.45, 2.75) is 25.4 Å². The first kappa shape index (κ1) is 13.7. The number of hydrogen-bond acceptors (Lipinski definition) is 5. The molecule has 0 unspecified atom stereocenters. The third-order valence-electron chi connectivity index (χ3n) is 4.34. The molecule has 2 heterocycles. The maximum absolute atomic E-state index is 15.0. The van der Waals surface area contributed by atoms with Crippen LogP contribution in [0, 0.1) is 17.1 Å². The number of carbonyl (C=O) groups excluding carboxylic acids is 2. The standard InChI is InChI=1S/C20H15F4N5O2S/c1-19(2)17(31)28(11-6-13(20(22,23)24)15(8-25)27-9-11)18(32)29(19)10-4-5-12(14(21)7-10)16(30)26-3/h4-7,9H,1-3H3,(H,26,30)/i1D3,2D3,3D3. The molecule has 1 aromatic carbocycles. The minimum atomic E-state index is -5.18. The summed E-state index contributed by atoms with van der Waals surface area (Å²) < 4.78 is 125. The minimum Gasteiger partial charge on any atom is -0.355 e. The van der Waals surface area contributed by atoms with E-state index >= 15 is 4.39 Å². The molecule has 0 aliphatic carbocycles. The molecule has 1 saturated heterocycles. The van der Waals surface area contributed by atoms with E-state index in [4.69, 9.17) is 29.8 Å². The summed E-state index contributed by atoms with van der Waals surface area (Å²) in [6.07, 6.45) is -4.62. The van der Waals surface area contributed by atoms with Crippen LogP contribution in [0.3, 0.4) is 0 Å². The largest absolute Gasteiger partial charge is 0.419 e. The van der Waals surface area contributed by atoms with Gasteiger partial charge in [0.15, 0.2) is 10.8 Å². The van der Waals surface area contributed by atoms with Gasteiger partial charge in [-0.3, -0.25) is 14.5 Å². The molecule has 0 saturated carbocycles. The number of rotatable bonds is 3. The Labute approximate surface area is 197 Å². The number of nitrogens with one attached hydrogen (secondary N) is 1. The van der Waals surface area contributed by atoms with Gasteiger partial charge in [0.1, 0.15) is 17.4 Å². The first-order chi connectivity index (χ1) is 18.5. The van der Waals surface area contributed by atoms with E-state index in [1.54, 1.807) is 0 Å². The van der Waals surface area contributed by atoms with E-state index in [1.807, 2.05) is 0 Å². The Morgan fingerprint density at radius 1 is 1.31 bits per heavy atom. The molecule has 0 radical (unpaired) electrons. The van der Waals surface area contributed by atoms with Crippen LogP contribution in [0.2, 0.25) is 0 Å². The van der Waals surface area contributed by atoms with Crippen molar-refractivity contribution >= 4 is 40.5 Å². The van der Waals surface area contributed by atoms with Crippen LogP contribution in [0.1, 0.15) is 47.7 Å². The molecule has 0 atom stereocenters. The zero-order valence-electron chi connectivity index (χ0n) is 24.4. The maximum Gasteiger partial charge on any atom is 0.419 e. The molecule has 7 nitrogen and oxygen atoms in total. The van der Waals surface area contributed by atoms with Crippen molar-refractivity contribution < 1.29 is 39.5 Å². The first-order valence-electron chi connectivity index (χ1n) is 12.8. The van der Waals surface area contributed by atoms with Gasteiger partial charge in [0.2, 0.25) is 0 Å². The minimum absolute atomic E-state index is 0.157. The molecule has 32 heavy (non-hydrogen) atoms. The number of thiocarbonyl (C=S) groups is 1. The SMILES string of the molecule is [2H]C([2H])([2H])NC(=O)c1ccc(N2C(=S)N(c3cnc(C#N)c(C(F)(F)F)c3)C(=O)C2(C([2H])([2H])[2H])C([2H])([2H])[2H])cc1F.